The van der Waals surface area contributed by atoms with E-state index in [0.717, 1.165) is 31.2 Å². The second-order valence-corrected chi connectivity index (χ2v) is 8.47. The minimum absolute atomic E-state index is 0.116. The molecule has 1 aliphatic carbocycles. The molecule has 1 N–H and O–H groups in total. The van der Waals surface area contributed by atoms with Gasteiger partial charge < -0.3 is 15.0 Å². The molecule has 0 spiro atoms. The van der Waals surface area contributed by atoms with E-state index in [1.807, 2.05) is 16.8 Å². The summed E-state index contributed by atoms with van der Waals surface area (Å²) in [7, 11) is 1.57. The number of halogens is 1. The lowest BCUT2D eigenvalue weighted by atomic mass is 9.94. The van der Waals surface area contributed by atoms with Crippen molar-refractivity contribution in [3.8, 4) is 0 Å². The van der Waals surface area contributed by atoms with E-state index in [9.17, 15) is 14.0 Å². The lowest BCUT2D eigenvalue weighted by Gasteiger charge is -2.33. The number of amides is 2. The lowest BCUT2D eigenvalue weighted by molar-refractivity contribution is -0.141. The van der Waals surface area contributed by atoms with Crippen molar-refractivity contribution in [2.75, 3.05) is 20.3 Å². The molecule has 1 aromatic heterocycles. The van der Waals surface area contributed by atoms with E-state index in [1.165, 1.54) is 29.9 Å². The first-order valence-corrected chi connectivity index (χ1v) is 11.4. The fraction of sp³-hybridized carbons (Fsp3) is 0.478. The van der Waals surface area contributed by atoms with Gasteiger partial charge >= 0.3 is 0 Å². The number of thiophene rings is 1. The van der Waals surface area contributed by atoms with Gasteiger partial charge in [-0.25, -0.2) is 4.39 Å². The van der Waals surface area contributed by atoms with Gasteiger partial charge in [-0.15, -0.1) is 0 Å². The first-order valence-electron chi connectivity index (χ1n) is 10.4. The van der Waals surface area contributed by atoms with Crippen LogP contribution in [0.5, 0.6) is 0 Å². The van der Waals surface area contributed by atoms with Crippen LogP contribution < -0.4 is 5.32 Å². The van der Waals surface area contributed by atoms with E-state index >= 15 is 0 Å². The number of nitrogens with one attached hydrogen (secondary N) is 1. The van der Waals surface area contributed by atoms with Gasteiger partial charge in [0.05, 0.1) is 13.0 Å². The molecular weight excluding hydrogens is 403 g/mol. The van der Waals surface area contributed by atoms with Crippen molar-refractivity contribution < 1.29 is 18.7 Å². The molecule has 7 heteroatoms. The summed E-state index contributed by atoms with van der Waals surface area (Å²) in [6.07, 6.45) is 5.48. The Bertz CT molecular complexity index is 804. The quantitative estimate of drug-likeness (QED) is 0.649. The third-order valence-corrected chi connectivity index (χ3v) is 6.22. The van der Waals surface area contributed by atoms with E-state index in [2.05, 4.69) is 5.32 Å². The number of benzene rings is 1. The first-order chi connectivity index (χ1) is 14.6. The molecule has 0 aliphatic heterocycles. The highest BCUT2D eigenvalue weighted by molar-refractivity contribution is 7.08. The van der Waals surface area contributed by atoms with Gasteiger partial charge in [-0.3, -0.25) is 9.59 Å². The van der Waals surface area contributed by atoms with E-state index in [4.69, 9.17) is 4.74 Å². The average molecular weight is 433 g/mol. The molecule has 1 fully saturated rings. The van der Waals surface area contributed by atoms with Crippen LogP contribution in [-0.4, -0.2) is 43.0 Å². The molecule has 2 aromatic rings. The van der Waals surface area contributed by atoms with Crippen molar-refractivity contribution in [3.63, 3.8) is 0 Å². The summed E-state index contributed by atoms with van der Waals surface area (Å²) >= 11 is 1.53. The standard InChI is InChI=1S/C23H29FN2O3S/c1-29-13-12-26(21(27)15-17-11-14-30-16-17)22(18-7-9-19(24)10-8-18)23(28)25-20-5-3-2-4-6-20/h7-11,14,16,20,22H,2-6,12-13,15H2,1H3,(H,25,28). The number of ether oxygens (including phenoxy) is 1. The molecule has 1 unspecified atom stereocenters. The summed E-state index contributed by atoms with van der Waals surface area (Å²) in [6.45, 7) is 0.587. The Kier molecular flexibility index (Phi) is 8.39. The van der Waals surface area contributed by atoms with Crippen LogP contribution in [0.25, 0.3) is 0 Å². The first kappa shape index (κ1) is 22.4. The topological polar surface area (TPSA) is 58.6 Å². The number of carbonyl (C=O) groups is 2. The molecule has 30 heavy (non-hydrogen) atoms. The molecule has 5 nitrogen and oxygen atoms in total. The summed E-state index contributed by atoms with van der Waals surface area (Å²) < 4.78 is 18.7. The van der Waals surface area contributed by atoms with Crippen LogP contribution in [0.4, 0.5) is 4.39 Å². The molecule has 162 valence electrons. The maximum atomic E-state index is 13.5. The van der Waals surface area contributed by atoms with Crippen molar-refractivity contribution in [1.29, 1.82) is 0 Å². The molecule has 0 bridgehead atoms. The van der Waals surface area contributed by atoms with Crippen molar-refractivity contribution in [2.45, 2.75) is 50.6 Å². The van der Waals surface area contributed by atoms with Gasteiger partial charge in [-0.1, -0.05) is 31.4 Å². The van der Waals surface area contributed by atoms with E-state index in [0.29, 0.717) is 12.2 Å². The zero-order valence-corrected chi connectivity index (χ0v) is 18.1. The Balaban J connectivity index is 1.87. The molecule has 1 heterocycles. The second-order valence-electron chi connectivity index (χ2n) is 7.69. The summed E-state index contributed by atoms with van der Waals surface area (Å²) in [4.78, 5) is 28.1. The van der Waals surface area contributed by atoms with Crippen LogP contribution >= 0.6 is 11.3 Å². The van der Waals surface area contributed by atoms with Gasteiger partial charge in [-0.05, 0) is 52.9 Å². The third-order valence-electron chi connectivity index (χ3n) is 5.49. The van der Waals surface area contributed by atoms with Crippen molar-refractivity contribution in [2.24, 2.45) is 0 Å². The van der Waals surface area contributed by atoms with Crippen molar-refractivity contribution in [1.82, 2.24) is 10.2 Å². The number of nitrogens with zero attached hydrogens (tertiary/aromatic N) is 1. The largest absolute Gasteiger partial charge is 0.383 e. The maximum absolute atomic E-state index is 13.5. The molecule has 1 atom stereocenters. The minimum atomic E-state index is -0.825. The number of hydrogen-bond acceptors (Lipinski definition) is 4. The summed E-state index contributed by atoms with van der Waals surface area (Å²) in [5.41, 5.74) is 1.51. The lowest BCUT2D eigenvalue weighted by Crippen LogP contribution is -2.48. The molecule has 0 radical (unpaired) electrons. The average Bonchev–Trinajstić information content (AvgIpc) is 3.25. The van der Waals surface area contributed by atoms with Crippen LogP contribution in [0.1, 0.15) is 49.3 Å². The number of rotatable bonds is 9. The molecule has 2 amide bonds. The predicted molar refractivity (Wildman–Crippen MR) is 116 cm³/mol. The number of hydrogen-bond donors (Lipinski definition) is 1. The van der Waals surface area contributed by atoms with Crippen LogP contribution in [0.15, 0.2) is 41.1 Å². The normalized spacial score (nSPS) is 15.5. The van der Waals surface area contributed by atoms with Crippen molar-refractivity contribution in [3.05, 3.63) is 58.0 Å². The van der Waals surface area contributed by atoms with Crippen LogP contribution in [-0.2, 0) is 20.7 Å². The van der Waals surface area contributed by atoms with Crippen LogP contribution in [0, 0.1) is 5.82 Å². The van der Waals surface area contributed by atoms with Crippen molar-refractivity contribution >= 4 is 23.2 Å². The fourth-order valence-corrected chi connectivity index (χ4v) is 4.57. The van der Waals surface area contributed by atoms with E-state index < -0.39 is 6.04 Å². The predicted octanol–water partition coefficient (Wildman–Crippen LogP) is 4.09. The van der Waals surface area contributed by atoms with E-state index in [1.54, 1.807) is 24.1 Å². The summed E-state index contributed by atoms with van der Waals surface area (Å²) in [5, 5.41) is 7.00. The Morgan fingerprint density at radius 2 is 1.93 bits per heavy atom. The molecule has 1 aromatic carbocycles. The van der Waals surface area contributed by atoms with Crippen LogP contribution in [0.2, 0.25) is 0 Å². The zero-order chi connectivity index (χ0) is 21.3. The molecule has 1 aliphatic rings. The molecule has 1 saturated carbocycles. The number of carbonyl (C=O) groups excluding carboxylic acids is 2. The molecule has 0 saturated heterocycles. The summed E-state index contributed by atoms with van der Waals surface area (Å²) in [5.74, 6) is -0.750. The van der Waals surface area contributed by atoms with Gasteiger partial charge in [0, 0.05) is 19.7 Å². The van der Waals surface area contributed by atoms with Gasteiger partial charge in [0.25, 0.3) is 0 Å². The van der Waals surface area contributed by atoms with Crippen LogP contribution in [0.3, 0.4) is 0 Å². The summed E-state index contributed by atoms with van der Waals surface area (Å²) in [6, 6.07) is 7.02. The third kappa shape index (κ3) is 6.12. The SMILES string of the molecule is COCCN(C(=O)Cc1ccsc1)C(C(=O)NC1CCCCC1)c1ccc(F)cc1. The van der Waals surface area contributed by atoms with Gasteiger partial charge in [0.1, 0.15) is 11.9 Å². The Hall–Kier alpha value is -2.25. The van der Waals surface area contributed by atoms with Gasteiger partial charge in [0.15, 0.2) is 0 Å². The monoisotopic (exact) mass is 432 g/mol. The van der Waals surface area contributed by atoms with Gasteiger partial charge in [-0.2, -0.15) is 11.3 Å². The van der Waals surface area contributed by atoms with E-state index in [-0.39, 0.29) is 36.6 Å². The molecular formula is C23H29FN2O3S. The second kappa shape index (κ2) is 11.2. The Morgan fingerprint density at radius 3 is 2.57 bits per heavy atom. The minimum Gasteiger partial charge on any atom is -0.383 e. The highest BCUT2D eigenvalue weighted by Crippen LogP contribution is 2.25. The fourth-order valence-electron chi connectivity index (χ4n) is 3.90. The smallest absolute Gasteiger partial charge is 0.247 e. The molecule has 3 rings (SSSR count). The highest BCUT2D eigenvalue weighted by Gasteiger charge is 2.32. The zero-order valence-electron chi connectivity index (χ0n) is 17.3. The maximum Gasteiger partial charge on any atom is 0.247 e. The highest BCUT2D eigenvalue weighted by atomic mass is 32.1. The number of methoxy groups -OCH3 is 1. The Morgan fingerprint density at radius 1 is 1.20 bits per heavy atom. The Labute approximate surface area is 181 Å². The van der Waals surface area contributed by atoms with Gasteiger partial charge in [0.2, 0.25) is 11.8 Å².